The predicted molar refractivity (Wildman–Crippen MR) is 135 cm³/mol. The van der Waals surface area contributed by atoms with Crippen LogP contribution < -0.4 is 15.2 Å². The van der Waals surface area contributed by atoms with Crippen molar-refractivity contribution in [2.45, 2.75) is 31.0 Å². The molecule has 0 amide bonds. The van der Waals surface area contributed by atoms with Crippen LogP contribution in [-0.2, 0) is 33.1 Å². The molecule has 2 aliphatic rings. The summed E-state index contributed by atoms with van der Waals surface area (Å²) in [6.45, 7) is 7.35. The monoisotopic (exact) mass is 512 g/mol. The van der Waals surface area contributed by atoms with Gasteiger partial charge in [0.1, 0.15) is 18.8 Å². The van der Waals surface area contributed by atoms with Crippen LogP contribution in [0.2, 0.25) is 0 Å². The first-order valence-corrected chi connectivity index (χ1v) is 13.2. The summed E-state index contributed by atoms with van der Waals surface area (Å²) in [6.07, 6.45) is 0. The van der Waals surface area contributed by atoms with Gasteiger partial charge in [-0.15, -0.1) is 0 Å². The molecule has 0 spiro atoms. The second-order valence-corrected chi connectivity index (χ2v) is 9.67. The van der Waals surface area contributed by atoms with Gasteiger partial charge in [-0.05, 0) is 31.2 Å². The summed E-state index contributed by atoms with van der Waals surface area (Å²) < 4.78 is 23.7. The van der Waals surface area contributed by atoms with Gasteiger partial charge >= 0.3 is 5.97 Å². The number of rotatable bonds is 8. The van der Waals surface area contributed by atoms with E-state index in [1.54, 1.807) is 23.6 Å². The van der Waals surface area contributed by atoms with Gasteiger partial charge in [-0.25, -0.2) is 9.78 Å². The van der Waals surface area contributed by atoms with Crippen molar-refractivity contribution in [3.63, 3.8) is 0 Å². The van der Waals surface area contributed by atoms with Crippen LogP contribution in [0.15, 0.2) is 46.3 Å². The SMILES string of the molecule is CCOC(=O)c1cc2c(c(CSc3nc4ccccc4c(=O)n3CC[NH+]3CCOCC3)c1)OCOC2. The molecule has 36 heavy (non-hydrogen) atoms. The molecule has 10 heteroatoms. The summed E-state index contributed by atoms with van der Waals surface area (Å²) >= 11 is 1.47. The Kier molecular flexibility index (Phi) is 7.86. The fourth-order valence-corrected chi connectivity index (χ4v) is 5.51. The van der Waals surface area contributed by atoms with Crippen LogP contribution in [0.1, 0.15) is 28.4 Å². The number of carbonyl (C=O) groups is 1. The highest BCUT2D eigenvalue weighted by atomic mass is 32.2. The highest BCUT2D eigenvalue weighted by Crippen LogP contribution is 2.34. The predicted octanol–water partition coefficient (Wildman–Crippen LogP) is 1.65. The van der Waals surface area contributed by atoms with Crippen LogP contribution in [0.5, 0.6) is 5.75 Å². The standard InChI is InChI=1S/C26H29N3O6S/c1-2-34-25(31)18-13-19-15-33-17-35-23(19)20(14-18)16-36-26-27-22-6-4-3-5-21(22)24(30)29(26)8-7-28-9-11-32-12-10-28/h3-6,13-14H,2,7-12,15-17H2,1H3/p+1. The van der Waals surface area contributed by atoms with Gasteiger partial charge in [-0.2, -0.15) is 0 Å². The molecule has 0 unspecified atom stereocenters. The average Bonchev–Trinajstić information content (AvgIpc) is 2.92. The lowest BCUT2D eigenvalue weighted by Crippen LogP contribution is -3.14. The third-order valence-corrected chi connectivity index (χ3v) is 7.40. The van der Waals surface area contributed by atoms with E-state index in [-0.39, 0.29) is 18.3 Å². The van der Waals surface area contributed by atoms with E-state index in [4.69, 9.17) is 23.9 Å². The van der Waals surface area contributed by atoms with Crippen LogP contribution >= 0.6 is 11.8 Å². The van der Waals surface area contributed by atoms with Gasteiger partial charge < -0.3 is 23.8 Å². The zero-order valence-electron chi connectivity index (χ0n) is 20.3. The molecule has 0 saturated carbocycles. The molecule has 1 aromatic heterocycles. The van der Waals surface area contributed by atoms with Gasteiger partial charge in [0.05, 0.1) is 56.0 Å². The highest BCUT2D eigenvalue weighted by molar-refractivity contribution is 7.98. The Balaban J connectivity index is 1.46. The Morgan fingerprint density at radius 1 is 1.19 bits per heavy atom. The molecule has 0 bridgehead atoms. The van der Waals surface area contributed by atoms with Crippen molar-refractivity contribution >= 4 is 28.6 Å². The van der Waals surface area contributed by atoms with Gasteiger partial charge in [0.25, 0.3) is 5.56 Å². The molecule has 0 radical (unpaired) electrons. The second kappa shape index (κ2) is 11.4. The van der Waals surface area contributed by atoms with Gasteiger partial charge in [0.2, 0.25) is 0 Å². The molecular weight excluding hydrogens is 482 g/mol. The van der Waals surface area contributed by atoms with E-state index in [1.807, 2.05) is 24.3 Å². The minimum atomic E-state index is -0.383. The maximum Gasteiger partial charge on any atom is 0.338 e. The van der Waals surface area contributed by atoms with Crippen molar-refractivity contribution in [1.82, 2.24) is 9.55 Å². The van der Waals surface area contributed by atoms with E-state index in [1.165, 1.54) is 16.7 Å². The first kappa shape index (κ1) is 24.8. The van der Waals surface area contributed by atoms with Gasteiger partial charge in [-0.1, -0.05) is 23.9 Å². The van der Waals surface area contributed by atoms with Crippen molar-refractivity contribution in [2.75, 3.05) is 46.2 Å². The van der Waals surface area contributed by atoms with Crippen LogP contribution in [0.4, 0.5) is 0 Å². The number of ether oxygens (including phenoxy) is 4. The zero-order valence-corrected chi connectivity index (χ0v) is 21.1. The number of benzene rings is 2. The number of para-hydroxylation sites is 1. The Morgan fingerprint density at radius 2 is 2.03 bits per heavy atom. The second-order valence-electron chi connectivity index (χ2n) is 8.72. The lowest BCUT2D eigenvalue weighted by Gasteiger charge is -2.24. The molecule has 0 atom stereocenters. The number of nitrogens with one attached hydrogen (secondary N) is 1. The Bertz CT molecular complexity index is 1300. The lowest BCUT2D eigenvalue weighted by atomic mass is 10.0. The number of morpholine rings is 1. The number of esters is 1. The van der Waals surface area contributed by atoms with E-state index >= 15 is 0 Å². The van der Waals surface area contributed by atoms with Gasteiger partial charge in [0.15, 0.2) is 11.9 Å². The van der Waals surface area contributed by atoms with E-state index in [2.05, 4.69) is 0 Å². The van der Waals surface area contributed by atoms with Crippen LogP contribution in [0.3, 0.4) is 0 Å². The Hall–Kier alpha value is -2.92. The van der Waals surface area contributed by atoms with Crippen LogP contribution in [-0.4, -0.2) is 61.8 Å². The number of nitrogens with zero attached hydrogens (tertiary/aromatic N) is 2. The normalized spacial score (nSPS) is 15.9. The molecule has 1 fully saturated rings. The number of carbonyl (C=O) groups excluding carboxylic acids is 1. The van der Waals surface area contributed by atoms with Gasteiger partial charge in [-0.3, -0.25) is 9.36 Å². The average molecular weight is 513 g/mol. The summed E-state index contributed by atoms with van der Waals surface area (Å²) in [5.74, 6) is 0.811. The number of thioether (sulfide) groups is 1. The summed E-state index contributed by atoms with van der Waals surface area (Å²) in [4.78, 5) is 32.2. The zero-order chi connectivity index (χ0) is 24.9. The third kappa shape index (κ3) is 5.41. The quantitative estimate of drug-likeness (QED) is 0.277. The highest BCUT2D eigenvalue weighted by Gasteiger charge is 2.22. The minimum absolute atomic E-state index is 0.0392. The molecule has 2 aliphatic heterocycles. The number of fused-ring (bicyclic) bond motifs is 2. The molecule has 190 valence electrons. The number of aromatic nitrogens is 2. The summed E-state index contributed by atoms with van der Waals surface area (Å²) in [7, 11) is 0. The fraction of sp³-hybridized carbons (Fsp3) is 0.423. The third-order valence-electron chi connectivity index (χ3n) is 6.37. The first-order valence-electron chi connectivity index (χ1n) is 12.2. The molecule has 2 aromatic carbocycles. The molecule has 0 aliphatic carbocycles. The molecular formula is C26H30N3O6S+. The van der Waals surface area contributed by atoms with E-state index in [9.17, 15) is 9.59 Å². The van der Waals surface area contributed by atoms with Crippen molar-refractivity contribution in [3.8, 4) is 5.75 Å². The molecule has 3 heterocycles. The molecule has 5 rings (SSSR count). The molecule has 9 nitrogen and oxygen atoms in total. The summed E-state index contributed by atoms with van der Waals surface area (Å²) in [5, 5.41) is 1.26. The molecule has 3 aromatic rings. The van der Waals surface area contributed by atoms with Crippen molar-refractivity contribution in [1.29, 1.82) is 0 Å². The van der Waals surface area contributed by atoms with Crippen LogP contribution in [0.25, 0.3) is 10.9 Å². The topological polar surface area (TPSA) is 93.3 Å². The number of hydrogen-bond acceptors (Lipinski definition) is 8. The van der Waals surface area contributed by atoms with Gasteiger partial charge in [0, 0.05) is 16.9 Å². The lowest BCUT2D eigenvalue weighted by molar-refractivity contribution is -0.908. The maximum atomic E-state index is 13.5. The Morgan fingerprint density at radius 3 is 2.86 bits per heavy atom. The van der Waals surface area contributed by atoms with E-state index in [0.717, 1.165) is 44.0 Å². The van der Waals surface area contributed by atoms with E-state index < -0.39 is 0 Å². The maximum absolute atomic E-state index is 13.5. The number of hydrogen-bond donors (Lipinski definition) is 1. The van der Waals surface area contributed by atoms with Crippen molar-refractivity contribution in [3.05, 3.63) is 63.4 Å². The fourth-order valence-electron chi connectivity index (χ4n) is 4.52. The van der Waals surface area contributed by atoms with E-state index in [0.29, 0.717) is 52.9 Å². The number of quaternary nitrogens is 1. The minimum Gasteiger partial charge on any atom is -0.467 e. The first-order chi connectivity index (χ1) is 17.6. The molecule has 1 N–H and O–H groups in total. The summed E-state index contributed by atoms with van der Waals surface area (Å²) in [6, 6.07) is 11.0. The van der Waals surface area contributed by atoms with Crippen molar-refractivity contribution < 1.29 is 28.6 Å². The smallest absolute Gasteiger partial charge is 0.338 e. The Labute approximate surface area is 213 Å². The summed E-state index contributed by atoms with van der Waals surface area (Å²) in [5.41, 5.74) is 2.74. The van der Waals surface area contributed by atoms with Crippen LogP contribution in [0, 0.1) is 0 Å². The molecule has 1 saturated heterocycles. The van der Waals surface area contributed by atoms with Crippen molar-refractivity contribution in [2.24, 2.45) is 0 Å². The largest absolute Gasteiger partial charge is 0.467 e.